The zero-order valence-corrected chi connectivity index (χ0v) is 10.0. The van der Waals surface area contributed by atoms with E-state index in [-0.39, 0.29) is 5.91 Å². The molecule has 92 valence electrons. The van der Waals surface area contributed by atoms with Crippen molar-refractivity contribution in [1.29, 1.82) is 0 Å². The van der Waals surface area contributed by atoms with Crippen molar-refractivity contribution in [3.8, 4) is 0 Å². The quantitative estimate of drug-likeness (QED) is 0.865. The number of aliphatic carboxylic acids is 1. The number of hydrogen-bond donors (Lipinski definition) is 1. The SMILES string of the molecule is CC(C(=O)O)N1C(=O)c2ccccc2C1=C1CC1. The molecule has 0 aromatic heterocycles. The molecule has 2 aliphatic rings. The first kappa shape index (κ1) is 11.0. The summed E-state index contributed by atoms with van der Waals surface area (Å²) in [4.78, 5) is 24.9. The highest BCUT2D eigenvalue weighted by molar-refractivity contribution is 6.11. The average Bonchev–Trinajstić information content (AvgIpc) is 3.15. The number of fused-ring (bicyclic) bond motifs is 1. The smallest absolute Gasteiger partial charge is 0.326 e. The van der Waals surface area contributed by atoms with Crippen molar-refractivity contribution < 1.29 is 14.7 Å². The molecule has 1 atom stereocenters. The third-order valence-corrected chi connectivity index (χ3v) is 3.45. The maximum absolute atomic E-state index is 12.3. The van der Waals surface area contributed by atoms with Gasteiger partial charge in [0.25, 0.3) is 5.91 Å². The lowest BCUT2D eigenvalue weighted by atomic mass is 10.1. The van der Waals surface area contributed by atoms with E-state index in [9.17, 15) is 9.59 Å². The van der Waals surface area contributed by atoms with Crippen molar-refractivity contribution in [3.05, 3.63) is 41.0 Å². The topological polar surface area (TPSA) is 57.6 Å². The molecule has 1 aromatic carbocycles. The minimum atomic E-state index is -0.977. The van der Waals surface area contributed by atoms with Gasteiger partial charge in [-0.2, -0.15) is 0 Å². The van der Waals surface area contributed by atoms with Gasteiger partial charge in [-0.1, -0.05) is 18.2 Å². The second kappa shape index (κ2) is 3.70. The number of rotatable bonds is 2. The van der Waals surface area contributed by atoms with Crippen LogP contribution in [0.1, 0.15) is 35.7 Å². The highest BCUT2D eigenvalue weighted by Gasteiger charge is 2.40. The monoisotopic (exact) mass is 243 g/mol. The lowest BCUT2D eigenvalue weighted by Crippen LogP contribution is -2.38. The molecule has 1 aliphatic carbocycles. The van der Waals surface area contributed by atoms with Gasteiger partial charge in [-0.05, 0) is 31.4 Å². The number of carboxylic acids is 1. The van der Waals surface area contributed by atoms with Gasteiger partial charge in [0.1, 0.15) is 6.04 Å². The van der Waals surface area contributed by atoms with Crippen molar-refractivity contribution in [1.82, 2.24) is 4.90 Å². The fourth-order valence-corrected chi connectivity index (χ4v) is 2.38. The number of carbonyl (C=O) groups is 2. The number of amides is 1. The Morgan fingerprint density at radius 3 is 2.44 bits per heavy atom. The van der Waals surface area contributed by atoms with Crippen molar-refractivity contribution in [2.45, 2.75) is 25.8 Å². The number of allylic oxidation sites excluding steroid dienone is 1. The van der Waals surface area contributed by atoms with Gasteiger partial charge in [0.2, 0.25) is 0 Å². The third-order valence-electron chi connectivity index (χ3n) is 3.45. The van der Waals surface area contributed by atoms with Crippen LogP contribution in [0.5, 0.6) is 0 Å². The van der Waals surface area contributed by atoms with Crippen LogP contribution in [0.4, 0.5) is 0 Å². The summed E-state index contributed by atoms with van der Waals surface area (Å²) in [5.74, 6) is -1.18. The van der Waals surface area contributed by atoms with E-state index in [0.29, 0.717) is 5.56 Å². The van der Waals surface area contributed by atoms with Crippen LogP contribution >= 0.6 is 0 Å². The third kappa shape index (κ3) is 1.45. The zero-order chi connectivity index (χ0) is 12.9. The normalized spacial score (nSPS) is 18.9. The van der Waals surface area contributed by atoms with Crippen LogP contribution in [0.25, 0.3) is 5.70 Å². The van der Waals surface area contributed by atoms with Gasteiger partial charge in [-0.15, -0.1) is 0 Å². The van der Waals surface area contributed by atoms with Crippen LogP contribution in [0.3, 0.4) is 0 Å². The van der Waals surface area contributed by atoms with Gasteiger partial charge in [0, 0.05) is 11.1 Å². The van der Waals surface area contributed by atoms with Crippen LogP contribution in [0.15, 0.2) is 29.8 Å². The molecule has 1 unspecified atom stereocenters. The maximum Gasteiger partial charge on any atom is 0.326 e. The number of hydrogen-bond acceptors (Lipinski definition) is 2. The van der Waals surface area contributed by atoms with Gasteiger partial charge in [-0.25, -0.2) is 4.79 Å². The number of nitrogens with zero attached hydrogens (tertiary/aromatic N) is 1. The molecule has 1 heterocycles. The van der Waals surface area contributed by atoms with Crippen LogP contribution in [-0.2, 0) is 4.79 Å². The molecule has 1 aliphatic heterocycles. The second-order valence-electron chi connectivity index (χ2n) is 4.69. The van der Waals surface area contributed by atoms with Crippen LogP contribution in [0.2, 0.25) is 0 Å². The summed E-state index contributed by atoms with van der Waals surface area (Å²) in [6, 6.07) is 6.51. The van der Waals surface area contributed by atoms with E-state index in [1.54, 1.807) is 19.1 Å². The Labute approximate surface area is 105 Å². The average molecular weight is 243 g/mol. The Morgan fingerprint density at radius 1 is 1.28 bits per heavy atom. The Bertz CT molecular complexity index is 582. The minimum Gasteiger partial charge on any atom is -0.480 e. The summed E-state index contributed by atoms with van der Waals surface area (Å²) in [5, 5.41) is 9.14. The molecule has 0 saturated heterocycles. The molecule has 0 radical (unpaired) electrons. The first-order valence-corrected chi connectivity index (χ1v) is 5.99. The van der Waals surface area contributed by atoms with Gasteiger partial charge < -0.3 is 5.11 Å². The molecule has 4 nitrogen and oxygen atoms in total. The summed E-state index contributed by atoms with van der Waals surface area (Å²) in [7, 11) is 0. The molecular formula is C14H13NO3. The van der Waals surface area contributed by atoms with E-state index in [2.05, 4.69) is 0 Å². The summed E-state index contributed by atoms with van der Waals surface area (Å²) in [6.45, 7) is 1.55. The van der Waals surface area contributed by atoms with Crippen molar-refractivity contribution in [2.24, 2.45) is 0 Å². The number of carbonyl (C=O) groups excluding carboxylic acids is 1. The predicted octanol–water partition coefficient (Wildman–Crippen LogP) is 2.12. The fraction of sp³-hybridized carbons (Fsp3) is 0.286. The molecule has 1 aromatic rings. The molecule has 4 heteroatoms. The number of benzene rings is 1. The Balaban J connectivity index is 2.16. The lowest BCUT2D eigenvalue weighted by Gasteiger charge is -2.22. The lowest BCUT2D eigenvalue weighted by molar-refractivity contribution is -0.140. The maximum atomic E-state index is 12.3. The molecule has 1 amide bonds. The van der Waals surface area contributed by atoms with Crippen molar-refractivity contribution >= 4 is 17.6 Å². The largest absolute Gasteiger partial charge is 0.480 e. The van der Waals surface area contributed by atoms with Crippen LogP contribution in [-0.4, -0.2) is 27.9 Å². The van der Waals surface area contributed by atoms with Gasteiger partial charge in [0.05, 0.1) is 5.70 Å². The van der Waals surface area contributed by atoms with Crippen molar-refractivity contribution in [2.75, 3.05) is 0 Å². The van der Waals surface area contributed by atoms with Crippen molar-refractivity contribution in [3.63, 3.8) is 0 Å². The van der Waals surface area contributed by atoms with E-state index in [1.165, 1.54) is 10.5 Å². The Morgan fingerprint density at radius 2 is 1.89 bits per heavy atom. The summed E-state index contributed by atoms with van der Waals surface area (Å²) >= 11 is 0. The summed E-state index contributed by atoms with van der Waals surface area (Å²) < 4.78 is 0. The van der Waals surface area contributed by atoms with E-state index in [1.807, 2.05) is 12.1 Å². The van der Waals surface area contributed by atoms with E-state index >= 15 is 0 Å². The van der Waals surface area contributed by atoms with E-state index in [4.69, 9.17) is 5.11 Å². The molecule has 0 spiro atoms. The molecule has 18 heavy (non-hydrogen) atoms. The minimum absolute atomic E-state index is 0.199. The Hall–Kier alpha value is -2.10. The number of carboxylic acid groups (broad SMARTS) is 1. The van der Waals surface area contributed by atoms with Crippen LogP contribution < -0.4 is 0 Å². The first-order chi connectivity index (χ1) is 8.61. The molecule has 1 saturated carbocycles. The molecule has 1 N–H and O–H groups in total. The standard InChI is InChI=1S/C14H13NO3/c1-8(14(17)18)15-12(9-6-7-9)10-4-2-3-5-11(10)13(15)16/h2-5,8H,6-7H2,1H3,(H,17,18). The zero-order valence-electron chi connectivity index (χ0n) is 10.0. The highest BCUT2D eigenvalue weighted by Crippen LogP contribution is 2.44. The highest BCUT2D eigenvalue weighted by atomic mass is 16.4. The molecular weight excluding hydrogens is 230 g/mol. The van der Waals surface area contributed by atoms with Crippen LogP contribution in [0, 0.1) is 0 Å². The van der Waals surface area contributed by atoms with Gasteiger partial charge in [0.15, 0.2) is 0 Å². The Kier molecular flexibility index (Phi) is 2.26. The van der Waals surface area contributed by atoms with Gasteiger partial charge >= 0.3 is 5.97 Å². The summed E-state index contributed by atoms with van der Waals surface area (Å²) in [6.07, 6.45) is 1.92. The van der Waals surface area contributed by atoms with E-state index in [0.717, 1.165) is 24.1 Å². The molecule has 1 fully saturated rings. The predicted molar refractivity (Wildman–Crippen MR) is 65.9 cm³/mol. The first-order valence-electron chi connectivity index (χ1n) is 5.99. The summed E-state index contributed by atoms with van der Waals surface area (Å²) in [5.41, 5.74) is 3.50. The fourth-order valence-electron chi connectivity index (χ4n) is 2.38. The molecule has 3 rings (SSSR count). The molecule has 0 bridgehead atoms. The van der Waals surface area contributed by atoms with E-state index < -0.39 is 12.0 Å². The van der Waals surface area contributed by atoms with Gasteiger partial charge in [-0.3, -0.25) is 9.69 Å². The second-order valence-corrected chi connectivity index (χ2v) is 4.69.